The molecule has 1 unspecified atom stereocenters. The minimum Gasteiger partial charge on any atom is -0.478 e. The Hall–Kier alpha value is -2.34. The van der Waals surface area contributed by atoms with Gasteiger partial charge in [0.25, 0.3) is 0 Å². The Labute approximate surface area is 132 Å². The summed E-state index contributed by atoms with van der Waals surface area (Å²) >= 11 is 1.41. The molecule has 0 radical (unpaired) electrons. The van der Waals surface area contributed by atoms with Gasteiger partial charge in [-0.1, -0.05) is 18.7 Å². The third-order valence-corrected chi connectivity index (χ3v) is 4.31. The van der Waals surface area contributed by atoms with Crippen LogP contribution >= 0.6 is 11.3 Å². The first-order valence-electron chi connectivity index (χ1n) is 6.70. The zero-order chi connectivity index (χ0) is 16.3. The lowest BCUT2D eigenvalue weighted by Crippen LogP contribution is -2.31. The highest BCUT2D eigenvalue weighted by Gasteiger charge is 2.37. The molecule has 0 saturated carbocycles. The summed E-state index contributed by atoms with van der Waals surface area (Å²) < 4.78 is 5.13. The highest BCUT2D eigenvalue weighted by atomic mass is 32.1. The maximum atomic E-state index is 12.4. The van der Waals surface area contributed by atoms with E-state index >= 15 is 0 Å². The molecule has 0 spiro atoms. The van der Waals surface area contributed by atoms with Crippen LogP contribution in [0.15, 0.2) is 52.7 Å². The van der Waals surface area contributed by atoms with Crippen LogP contribution in [0.2, 0.25) is 0 Å². The highest BCUT2D eigenvalue weighted by molar-refractivity contribution is 7.10. The van der Waals surface area contributed by atoms with E-state index in [-0.39, 0.29) is 12.2 Å². The minimum absolute atomic E-state index is 0.0812. The molecule has 6 heteroatoms. The number of dihydropyridines is 1. The third kappa shape index (κ3) is 2.96. The Balaban J connectivity index is 2.53. The number of carbonyl (C=O) groups is 2. The van der Waals surface area contributed by atoms with Crippen LogP contribution in [0.3, 0.4) is 0 Å². The molecule has 2 heterocycles. The van der Waals surface area contributed by atoms with Crippen molar-refractivity contribution in [3.8, 4) is 0 Å². The average Bonchev–Trinajstić information content (AvgIpc) is 2.97. The fourth-order valence-electron chi connectivity index (χ4n) is 2.50. The molecule has 0 amide bonds. The van der Waals surface area contributed by atoms with E-state index in [1.807, 2.05) is 17.5 Å². The molecule has 1 atom stereocenters. The van der Waals surface area contributed by atoms with Crippen LogP contribution < -0.4 is 5.32 Å². The van der Waals surface area contributed by atoms with E-state index in [1.165, 1.54) is 17.4 Å². The topological polar surface area (TPSA) is 75.6 Å². The summed E-state index contributed by atoms with van der Waals surface area (Å²) in [6.07, 6.45) is 1.48. The lowest BCUT2D eigenvalue weighted by molar-refractivity contribution is -0.138. The summed E-state index contributed by atoms with van der Waals surface area (Å²) in [6, 6.07) is 3.66. The van der Waals surface area contributed by atoms with E-state index in [4.69, 9.17) is 4.74 Å². The van der Waals surface area contributed by atoms with Gasteiger partial charge in [-0.3, -0.25) is 0 Å². The Kier molecular flexibility index (Phi) is 4.82. The van der Waals surface area contributed by atoms with Gasteiger partial charge in [0, 0.05) is 16.3 Å². The second-order valence-electron chi connectivity index (χ2n) is 4.84. The number of nitrogens with one attached hydrogen (secondary N) is 1. The molecule has 2 N–H and O–H groups in total. The number of aliphatic carboxylic acids is 1. The molecule has 1 aliphatic rings. The fraction of sp³-hybridized carbons (Fsp3) is 0.250. The summed E-state index contributed by atoms with van der Waals surface area (Å²) in [5.41, 5.74) is 1.63. The second-order valence-corrected chi connectivity index (χ2v) is 5.82. The fourth-order valence-corrected chi connectivity index (χ4v) is 3.34. The van der Waals surface area contributed by atoms with Crippen molar-refractivity contribution in [1.82, 2.24) is 5.32 Å². The third-order valence-electron chi connectivity index (χ3n) is 3.37. The van der Waals surface area contributed by atoms with Crippen molar-refractivity contribution in [1.29, 1.82) is 0 Å². The van der Waals surface area contributed by atoms with Crippen LogP contribution in [-0.2, 0) is 14.3 Å². The van der Waals surface area contributed by atoms with Gasteiger partial charge in [-0.2, -0.15) is 0 Å². The summed E-state index contributed by atoms with van der Waals surface area (Å²) in [7, 11) is 0. The minimum atomic E-state index is -1.05. The maximum Gasteiger partial charge on any atom is 0.337 e. The molecular weight excluding hydrogens is 302 g/mol. The lowest BCUT2D eigenvalue weighted by atomic mass is 9.84. The smallest absolute Gasteiger partial charge is 0.337 e. The molecule has 0 fully saturated rings. The summed E-state index contributed by atoms with van der Waals surface area (Å²) in [6.45, 7) is 7.03. The van der Waals surface area contributed by atoms with Crippen LogP contribution in [0.5, 0.6) is 0 Å². The number of carboxylic acids is 1. The monoisotopic (exact) mass is 319 g/mol. The predicted octanol–water partition coefficient (Wildman–Crippen LogP) is 2.80. The molecule has 5 nitrogen and oxygen atoms in total. The van der Waals surface area contributed by atoms with Gasteiger partial charge >= 0.3 is 11.9 Å². The van der Waals surface area contributed by atoms with Gasteiger partial charge in [-0.25, -0.2) is 9.59 Å². The van der Waals surface area contributed by atoms with Crippen LogP contribution in [0, 0.1) is 0 Å². The molecule has 2 rings (SSSR count). The average molecular weight is 319 g/mol. The Morgan fingerprint density at radius 2 is 2.09 bits per heavy atom. The van der Waals surface area contributed by atoms with Crippen molar-refractivity contribution in [2.45, 2.75) is 19.8 Å². The van der Waals surface area contributed by atoms with Gasteiger partial charge < -0.3 is 15.2 Å². The summed E-state index contributed by atoms with van der Waals surface area (Å²) in [4.78, 5) is 24.8. The summed E-state index contributed by atoms with van der Waals surface area (Å²) in [5.74, 6) is -2.21. The molecule has 0 bridgehead atoms. The standard InChI is InChI=1S/C16H17NO4S/c1-4-7-21-16(20)13-10(3)17-9(2)12(15(18)19)14(13)11-6-5-8-22-11/h4-6,8,14,17H,1,7H2,2-3H3,(H,18,19). The van der Waals surface area contributed by atoms with E-state index < -0.39 is 17.9 Å². The number of carboxylic acid groups (broad SMARTS) is 1. The van der Waals surface area contributed by atoms with Crippen LogP contribution in [-0.4, -0.2) is 23.7 Å². The molecule has 1 aromatic heterocycles. The highest BCUT2D eigenvalue weighted by Crippen LogP contribution is 2.40. The lowest BCUT2D eigenvalue weighted by Gasteiger charge is -2.28. The molecule has 1 aromatic rings. The Bertz CT molecular complexity index is 670. The quantitative estimate of drug-likeness (QED) is 0.645. The van der Waals surface area contributed by atoms with Crippen LogP contribution in [0.4, 0.5) is 0 Å². The zero-order valence-electron chi connectivity index (χ0n) is 12.4. The Morgan fingerprint density at radius 3 is 2.64 bits per heavy atom. The van der Waals surface area contributed by atoms with E-state index in [0.29, 0.717) is 17.0 Å². The molecule has 0 aliphatic carbocycles. The molecule has 22 heavy (non-hydrogen) atoms. The van der Waals surface area contributed by atoms with Gasteiger partial charge in [0.05, 0.1) is 17.1 Å². The van der Waals surface area contributed by atoms with Gasteiger partial charge in [0.1, 0.15) is 6.61 Å². The van der Waals surface area contributed by atoms with Crippen molar-refractivity contribution in [2.24, 2.45) is 0 Å². The number of thiophene rings is 1. The van der Waals surface area contributed by atoms with Crippen molar-refractivity contribution in [2.75, 3.05) is 6.61 Å². The number of esters is 1. The van der Waals surface area contributed by atoms with E-state index in [9.17, 15) is 14.7 Å². The first-order chi connectivity index (χ1) is 10.5. The number of hydrogen-bond donors (Lipinski definition) is 2. The van der Waals surface area contributed by atoms with Crippen molar-refractivity contribution in [3.05, 3.63) is 57.6 Å². The van der Waals surface area contributed by atoms with Crippen molar-refractivity contribution < 1.29 is 19.4 Å². The van der Waals surface area contributed by atoms with Gasteiger partial charge in [0.2, 0.25) is 0 Å². The summed E-state index contributed by atoms with van der Waals surface area (Å²) in [5, 5.41) is 14.4. The first-order valence-corrected chi connectivity index (χ1v) is 7.58. The molecule has 0 saturated heterocycles. The van der Waals surface area contributed by atoms with Gasteiger partial charge in [0.15, 0.2) is 0 Å². The maximum absolute atomic E-state index is 12.4. The van der Waals surface area contributed by atoms with Gasteiger partial charge in [-0.15, -0.1) is 11.3 Å². The Morgan fingerprint density at radius 1 is 1.41 bits per heavy atom. The number of allylic oxidation sites excluding steroid dienone is 2. The largest absolute Gasteiger partial charge is 0.478 e. The van der Waals surface area contributed by atoms with Crippen LogP contribution in [0.25, 0.3) is 0 Å². The first kappa shape index (κ1) is 16.0. The van der Waals surface area contributed by atoms with E-state index in [1.54, 1.807) is 13.8 Å². The number of carbonyl (C=O) groups excluding carboxylic acids is 1. The number of rotatable bonds is 5. The molecule has 0 aromatic carbocycles. The molecule has 1 aliphatic heterocycles. The SMILES string of the molecule is C=CCOC(=O)C1=C(C)NC(C)=C(C(=O)O)C1c1cccs1. The number of hydrogen-bond acceptors (Lipinski definition) is 5. The number of ether oxygens (including phenoxy) is 1. The molecule has 116 valence electrons. The van der Waals surface area contributed by atoms with Gasteiger partial charge in [-0.05, 0) is 25.3 Å². The van der Waals surface area contributed by atoms with E-state index in [0.717, 1.165) is 4.88 Å². The van der Waals surface area contributed by atoms with Crippen molar-refractivity contribution in [3.63, 3.8) is 0 Å². The van der Waals surface area contributed by atoms with Crippen LogP contribution in [0.1, 0.15) is 24.6 Å². The normalized spacial score (nSPS) is 18.0. The second kappa shape index (κ2) is 6.62. The predicted molar refractivity (Wildman–Crippen MR) is 84.4 cm³/mol. The van der Waals surface area contributed by atoms with E-state index in [2.05, 4.69) is 11.9 Å². The molecular formula is C16H17NO4S. The zero-order valence-corrected chi connectivity index (χ0v) is 13.2. The van der Waals surface area contributed by atoms with Crippen molar-refractivity contribution >= 4 is 23.3 Å².